The van der Waals surface area contributed by atoms with Crippen LogP contribution in [0.3, 0.4) is 0 Å². The van der Waals surface area contributed by atoms with Crippen LogP contribution in [0.15, 0.2) is 54.7 Å². The predicted molar refractivity (Wildman–Crippen MR) is 71.0 cm³/mol. The Morgan fingerprint density at radius 3 is 2.82 bits per heavy atom. The Balaban J connectivity index is 2.22. The summed E-state index contributed by atoms with van der Waals surface area (Å²) in [5.41, 5.74) is 2.88. The Kier molecular flexibility index (Phi) is 2.54. The number of benzene rings is 2. The summed E-state index contributed by atoms with van der Waals surface area (Å²) in [7, 11) is 0. The maximum Gasteiger partial charge on any atom is 0.0702 e. The lowest BCUT2D eigenvalue weighted by molar-refractivity contribution is 1.41. The van der Waals surface area contributed by atoms with Gasteiger partial charge in [-0.2, -0.15) is 0 Å². The number of rotatable bonds is 1. The molecule has 0 unspecified atom stereocenters. The number of hydrogen-bond donors (Lipinski definition) is 0. The number of nitrogens with zero attached hydrogens (tertiary/aromatic N) is 1. The van der Waals surface area contributed by atoms with E-state index >= 15 is 0 Å². The topological polar surface area (TPSA) is 12.9 Å². The molecule has 0 saturated carbocycles. The van der Waals surface area contributed by atoms with Gasteiger partial charge >= 0.3 is 0 Å². The van der Waals surface area contributed by atoms with Crippen molar-refractivity contribution in [3.63, 3.8) is 0 Å². The SMILES string of the molecule is Clc1ccc[c]c1-c1cnc2ccccc2c1. The van der Waals surface area contributed by atoms with Crippen molar-refractivity contribution in [2.24, 2.45) is 0 Å². The van der Waals surface area contributed by atoms with Crippen LogP contribution >= 0.6 is 11.6 Å². The lowest BCUT2D eigenvalue weighted by atomic mass is 10.1. The maximum atomic E-state index is 6.15. The van der Waals surface area contributed by atoms with Gasteiger partial charge < -0.3 is 0 Å². The van der Waals surface area contributed by atoms with Gasteiger partial charge in [-0.05, 0) is 24.3 Å². The molecule has 1 heterocycles. The molecule has 2 heteroatoms. The Labute approximate surface area is 105 Å². The van der Waals surface area contributed by atoms with Crippen LogP contribution < -0.4 is 0 Å². The van der Waals surface area contributed by atoms with Crippen LogP contribution in [-0.4, -0.2) is 4.98 Å². The van der Waals surface area contributed by atoms with Crippen molar-refractivity contribution in [3.05, 3.63) is 65.8 Å². The molecule has 0 aliphatic rings. The summed E-state index contributed by atoms with van der Waals surface area (Å²) in [6.45, 7) is 0. The van der Waals surface area contributed by atoms with E-state index in [4.69, 9.17) is 11.6 Å². The van der Waals surface area contributed by atoms with Crippen molar-refractivity contribution in [1.29, 1.82) is 0 Å². The van der Waals surface area contributed by atoms with E-state index in [0.29, 0.717) is 5.02 Å². The average Bonchev–Trinajstić information content (AvgIpc) is 2.39. The van der Waals surface area contributed by atoms with E-state index in [0.717, 1.165) is 22.0 Å². The highest BCUT2D eigenvalue weighted by Crippen LogP contribution is 2.28. The zero-order chi connectivity index (χ0) is 11.7. The lowest BCUT2D eigenvalue weighted by Gasteiger charge is -2.04. The van der Waals surface area contributed by atoms with Crippen molar-refractivity contribution in [1.82, 2.24) is 4.98 Å². The minimum atomic E-state index is 0.699. The molecule has 0 bridgehead atoms. The minimum absolute atomic E-state index is 0.699. The van der Waals surface area contributed by atoms with E-state index in [1.807, 2.05) is 48.7 Å². The van der Waals surface area contributed by atoms with Crippen LogP contribution in [0.25, 0.3) is 22.0 Å². The van der Waals surface area contributed by atoms with Crippen LogP contribution in [0.1, 0.15) is 0 Å². The number of hydrogen-bond acceptors (Lipinski definition) is 1. The monoisotopic (exact) mass is 238 g/mol. The molecule has 0 aliphatic carbocycles. The lowest BCUT2D eigenvalue weighted by Crippen LogP contribution is -1.83. The highest BCUT2D eigenvalue weighted by atomic mass is 35.5. The molecule has 0 N–H and O–H groups in total. The zero-order valence-electron chi connectivity index (χ0n) is 9.02. The van der Waals surface area contributed by atoms with Crippen LogP contribution in [0, 0.1) is 6.07 Å². The number of pyridine rings is 1. The van der Waals surface area contributed by atoms with E-state index in [1.165, 1.54) is 0 Å². The summed E-state index contributed by atoms with van der Waals surface area (Å²) in [6, 6.07) is 18.9. The first-order valence-electron chi connectivity index (χ1n) is 5.36. The molecule has 0 fully saturated rings. The molecule has 1 nitrogen and oxygen atoms in total. The van der Waals surface area contributed by atoms with Gasteiger partial charge in [0.1, 0.15) is 0 Å². The number of para-hydroxylation sites is 1. The highest BCUT2D eigenvalue weighted by Gasteiger charge is 2.04. The van der Waals surface area contributed by atoms with Crippen molar-refractivity contribution < 1.29 is 0 Å². The zero-order valence-corrected chi connectivity index (χ0v) is 9.78. The van der Waals surface area contributed by atoms with Crippen molar-refractivity contribution >= 4 is 22.5 Å². The maximum absolute atomic E-state index is 6.15. The van der Waals surface area contributed by atoms with Gasteiger partial charge in [0.05, 0.1) is 5.52 Å². The summed E-state index contributed by atoms with van der Waals surface area (Å²) < 4.78 is 0. The molecular formula is C15H9ClN. The second kappa shape index (κ2) is 4.19. The quantitative estimate of drug-likeness (QED) is 0.614. The number of aromatic nitrogens is 1. The fourth-order valence-corrected chi connectivity index (χ4v) is 2.08. The molecule has 2 aromatic carbocycles. The van der Waals surface area contributed by atoms with E-state index in [9.17, 15) is 0 Å². The molecule has 17 heavy (non-hydrogen) atoms. The van der Waals surface area contributed by atoms with E-state index in [2.05, 4.69) is 17.1 Å². The normalized spacial score (nSPS) is 10.6. The molecule has 0 aliphatic heterocycles. The molecule has 0 atom stereocenters. The van der Waals surface area contributed by atoms with Crippen LogP contribution in [0.5, 0.6) is 0 Å². The van der Waals surface area contributed by atoms with E-state index < -0.39 is 0 Å². The molecule has 3 aromatic rings. The summed E-state index contributed by atoms with van der Waals surface area (Å²) in [6.07, 6.45) is 1.83. The van der Waals surface area contributed by atoms with Crippen LogP contribution in [-0.2, 0) is 0 Å². The van der Waals surface area contributed by atoms with E-state index in [1.54, 1.807) is 0 Å². The summed E-state index contributed by atoms with van der Waals surface area (Å²) in [5.74, 6) is 0. The highest BCUT2D eigenvalue weighted by molar-refractivity contribution is 6.33. The molecule has 3 rings (SSSR count). The summed E-state index contributed by atoms with van der Waals surface area (Å²) >= 11 is 6.15. The third-order valence-corrected chi connectivity index (χ3v) is 3.00. The van der Waals surface area contributed by atoms with Gasteiger partial charge in [0.25, 0.3) is 0 Å². The molecule has 0 saturated heterocycles. The fraction of sp³-hybridized carbons (Fsp3) is 0. The van der Waals surface area contributed by atoms with Gasteiger partial charge in [-0.15, -0.1) is 0 Å². The molecule has 81 valence electrons. The van der Waals surface area contributed by atoms with Crippen molar-refractivity contribution in [3.8, 4) is 11.1 Å². The molecule has 1 aromatic heterocycles. The molecular weight excluding hydrogens is 230 g/mol. The third-order valence-electron chi connectivity index (χ3n) is 2.68. The number of fused-ring (bicyclic) bond motifs is 1. The standard InChI is InChI=1S/C15H9ClN/c16-14-7-3-2-6-13(14)12-9-11-5-1-4-8-15(11)17-10-12/h1-5,7-10H. The summed E-state index contributed by atoms with van der Waals surface area (Å²) in [4.78, 5) is 4.42. The first kappa shape index (κ1) is 10.3. The van der Waals surface area contributed by atoms with Gasteiger partial charge in [-0.1, -0.05) is 41.9 Å². The van der Waals surface area contributed by atoms with Gasteiger partial charge in [0.2, 0.25) is 0 Å². The van der Waals surface area contributed by atoms with Crippen molar-refractivity contribution in [2.75, 3.05) is 0 Å². The number of halogens is 1. The minimum Gasteiger partial charge on any atom is -0.256 e. The first-order chi connectivity index (χ1) is 8.34. The van der Waals surface area contributed by atoms with Crippen molar-refractivity contribution in [2.45, 2.75) is 0 Å². The predicted octanol–water partition coefficient (Wildman–Crippen LogP) is 4.36. The average molecular weight is 239 g/mol. The van der Waals surface area contributed by atoms with Crippen LogP contribution in [0.2, 0.25) is 5.02 Å². The van der Waals surface area contributed by atoms with Gasteiger partial charge in [0.15, 0.2) is 0 Å². The molecule has 0 amide bonds. The Morgan fingerprint density at radius 2 is 1.94 bits per heavy atom. The summed E-state index contributed by atoms with van der Waals surface area (Å²) in [5, 5.41) is 1.81. The fourth-order valence-electron chi connectivity index (χ4n) is 1.85. The molecule has 0 spiro atoms. The smallest absolute Gasteiger partial charge is 0.0702 e. The first-order valence-corrected chi connectivity index (χ1v) is 5.74. The van der Waals surface area contributed by atoms with Crippen LogP contribution in [0.4, 0.5) is 0 Å². The van der Waals surface area contributed by atoms with E-state index in [-0.39, 0.29) is 0 Å². The Hall–Kier alpha value is -1.86. The van der Waals surface area contributed by atoms with Gasteiger partial charge in [0, 0.05) is 27.7 Å². The molecule has 1 radical (unpaired) electrons. The Bertz CT molecular complexity index is 676. The third kappa shape index (κ3) is 1.90. The van der Waals surface area contributed by atoms with Gasteiger partial charge in [-0.25, -0.2) is 0 Å². The largest absolute Gasteiger partial charge is 0.256 e. The second-order valence-corrected chi connectivity index (χ2v) is 4.22. The Morgan fingerprint density at radius 1 is 1.06 bits per heavy atom. The second-order valence-electron chi connectivity index (χ2n) is 3.81. The van der Waals surface area contributed by atoms with Gasteiger partial charge in [-0.3, -0.25) is 4.98 Å².